The van der Waals surface area contributed by atoms with Gasteiger partial charge in [0.05, 0.1) is 6.04 Å². The smallest absolute Gasteiger partial charge is 0.0567 e. The van der Waals surface area contributed by atoms with Crippen LogP contribution in [0.2, 0.25) is 0 Å². The van der Waals surface area contributed by atoms with Gasteiger partial charge in [0, 0.05) is 24.2 Å². The Labute approximate surface area is 107 Å². The molecule has 1 aromatic heterocycles. The molecule has 0 fully saturated rings. The second-order valence-electron chi connectivity index (χ2n) is 4.34. The summed E-state index contributed by atoms with van der Waals surface area (Å²) < 4.78 is 0. The number of hydrogen-bond acceptors (Lipinski definition) is 3. The van der Waals surface area contributed by atoms with E-state index < -0.39 is 0 Å². The molecule has 2 rings (SSSR count). The van der Waals surface area contributed by atoms with Crippen molar-refractivity contribution in [2.45, 2.75) is 13.0 Å². The SMILES string of the molecule is Cc1ccc(N(C)CC(N)c2cccs2)cc1. The van der Waals surface area contributed by atoms with Gasteiger partial charge in [-0.05, 0) is 30.5 Å². The highest BCUT2D eigenvalue weighted by Crippen LogP contribution is 2.20. The molecule has 0 aliphatic rings. The lowest BCUT2D eigenvalue weighted by molar-refractivity contribution is 0.715. The van der Waals surface area contributed by atoms with Crippen molar-refractivity contribution in [1.29, 1.82) is 0 Å². The van der Waals surface area contributed by atoms with E-state index in [1.165, 1.54) is 16.1 Å². The molecule has 0 saturated carbocycles. The lowest BCUT2D eigenvalue weighted by atomic mass is 10.2. The Balaban J connectivity index is 2.01. The minimum atomic E-state index is 0.0845. The number of thiophene rings is 1. The Morgan fingerprint density at radius 3 is 2.53 bits per heavy atom. The molecule has 0 aliphatic carbocycles. The molecule has 0 bridgehead atoms. The van der Waals surface area contributed by atoms with Crippen LogP contribution in [-0.2, 0) is 0 Å². The topological polar surface area (TPSA) is 29.3 Å². The van der Waals surface area contributed by atoms with Crippen molar-refractivity contribution in [3.05, 3.63) is 52.2 Å². The van der Waals surface area contributed by atoms with E-state index in [2.05, 4.69) is 54.6 Å². The molecule has 0 aliphatic heterocycles. The molecule has 1 heterocycles. The van der Waals surface area contributed by atoms with E-state index in [4.69, 9.17) is 5.73 Å². The zero-order valence-corrected chi connectivity index (χ0v) is 11.1. The summed E-state index contributed by atoms with van der Waals surface area (Å²) in [7, 11) is 2.08. The highest BCUT2D eigenvalue weighted by molar-refractivity contribution is 7.10. The highest BCUT2D eigenvalue weighted by atomic mass is 32.1. The van der Waals surface area contributed by atoms with Gasteiger partial charge in [-0.3, -0.25) is 0 Å². The van der Waals surface area contributed by atoms with Crippen molar-refractivity contribution in [3.8, 4) is 0 Å². The molecule has 1 aromatic carbocycles. The van der Waals surface area contributed by atoms with E-state index in [0.29, 0.717) is 0 Å². The molecule has 1 atom stereocenters. The Morgan fingerprint density at radius 1 is 1.24 bits per heavy atom. The third-order valence-electron chi connectivity index (χ3n) is 2.85. The molecular weight excluding hydrogens is 228 g/mol. The van der Waals surface area contributed by atoms with E-state index in [9.17, 15) is 0 Å². The molecule has 0 saturated heterocycles. The molecule has 1 unspecified atom stereocenters. The summed E-state index contributed by atoms with van der Waals surface area (Å²) in [6, 6.07) is 12.8. The predicted octanol–water partition coefficient (Wildman–Crippen LogP) is 3.19. The van der Waals surface area contributed by atoms with Crippen LogP contribution in [0.1, 0.15) is 16.5 Å². The summed E-state index contributed by atoms with van der Waals surface area (Å²) in [4.78, 5) is 3.44. The lowest BCUT2D eigenvalue weighted by Crippen LogP contribution is -2.28. The van der Waals surface area contributed by atoms with Crippen molar-refractivity contribution in [3.63, 3.8) is 0 Å². The Morgan fingerprint density at radius 2 is 1.94 bits per heavy atom. The van der Waals surface area contributed by atoms with E-state index >= 15 is 0 Å². The standard InChI is InChI=1S/C14H18N2S/c1-11-5-7-12(8-6-11)16(2)10-13(15)14-4-3-9-17-14/h3-9,13H,10,15H2,1-2H3. The zero-order chi connectivity index (χ0) is 12.3. The van der Waals surface area contributed by atoms with Crippen LogP contribution >= 0.6 is 11.3 Å². The molecule has 0 amide bonds. The Hall–Kier alpha value is -1.32. The maximum atomic E-state index is 6.18. The normalized spacial score (nSPS) is 12.4. The van der Waals surface area contributed by atoms with E-state index in [1.54, 1.807) is 11.3 Å². The summed E-state index contributed by atoms with van der Waals surface area (Å²) in [6.07, 6.45) is 0. The van der Waals surface area contributed by atoms with Gasteiger partial charge in [0.1, 0.15) is 0 Å². The predicted molar refractivity (Wildman–Crippen MR) is 75.7 cm³/mol. The number of likely N-dealkylation sites (N-methyl/N-ethyl adjacent to an activating group) is 1. The molecule has 0 radical (unpaired) electrons. The van der Waals surface area contributed by atoms with Crippen LogP contribution in [0, 0.1) is 6.92 Å². The molecule has 17 heavy (non-hydrogen) atoms. The highest BCUT2D eigenvalue weighted by Gasteiger charge is 2.10. The fourth-order valence-corrected chi connectivity index (χ4v) is 2.51. The summed E-state index contributed by atoms with van der Waals surface area (Å²) >= 11 is 1.72. The van der Waals surface area contributed by atoms with Crippen molar-refractivity contribution in [2.24, 2.45) is 5.73 Å². The minimum absolute atomic E-state index is 0.0845. The van der Waals surface area contributed by atoms with Gasteiger partial charge in [-0.15, -0.1) is 11.3 Å². The Bertz CT molecular complexity index is 448. The van der Waals surface area contributed by atoms with E-state index in [1.807, 2.05) is 6.07 Å². The van der Waals surface area contributed by atoms with Gasteiger partial charge in [0.15, 0.2) is 0 Å². The first kappa shape index (κ1) is 12.1. The fraction of sp³-hybridized carbons (Fsp3) is 0.286. The molecule has 2 aromatic rings. The van der Waals surface area contributed by atoms with Crippen molar-refractivity contribution in [1.82, 2.24) is 0 Å². The number of nitrogens with zero attached hydrogens (tertiary/aromatic N) is 1. The summed E-state index contributed by atoms with van der Waals surface area (Å²) in [6.45, 7) is 2.94. The number of hydrogen-bond donors (Lipinski definition) is 1. The van der Waals surface area contributed by atoms with Gasteiger partial charge in [-0.1, -0.05) is 23.8 Å². The maximum Gasteiger partial charge on any atom is 0.0567 e. The van der Waals surface area contributed by atoms with Crippen LogP contribution in [0.4, 0.5) is 5.69 Å². The number of anilines is 1. The van der Waals surface area contributed by atoms with Gasteiger partial charge in [-0.25, -0.2) is 0 Å². The summed E-state index contributed by atoms with van der Waals surface area (Å²) in [5.41, 5.74) is 8.67. The van der Waals surface area contributed by atoms with E-state index in [-0.39, 0.29) is 6.04 Å². The van der Waals surface area contributed by atoms with Crippen LogP contribution < -0.4 is 10.6 Å². The van der Waals surface area contributed by atoms with Crippen molar-refractivity contribution in [2.75, 3.05) is 18.5 Å². The van der Waals surface area contributed by atoms with Gasteiger partial charge >= 0.3 is 0 Å². The third kappa shape index (κ3) is 3.08. The van der Waals surface area contributed by atoms with Gasteiger partial charge < -0.3 is 10.6 Å². The molecule has 2 nitrogen and oxygen atoms in total. The second kappa shape index (κ2) is 5.34. The fourth-order valence-electron chi connectivity index (χ4n) is 1.79. The summed E-state index contributed by atoms with van der Waals surface area (Å²) in [5.74, 6) is 0. The lowest BCUT2D eigenvalue weighted by Gasteiger charge is -2.23. The molecule has 90 valence electrons. The second-order valence-corrected chi connectivity index (χ2v) is 5.32. The van der Waals surface area contributed by atoms with Crippen LogP contribution in [0.25, 0.3) is 0 Å². The molecule has 0 spiro atoms. The van der Waals surface area contributed by atoms with Crippen LogP contribution in [-0.4, -0.2) is 13.6 Å². The van der Waals surface area contributed by atoms with Crippen molar-refractivity contribution < 1.29 is 0 Å². The number of rotatable bonds is 4. The number of aryl methyl sites for hydroxylation is 1. The average molecular weight is 246 g/mol. The Kier molecular flexibility index (Phi) is 3.82. The van der Waals surface area contributed by atoms with Crippen molar-refractivity contribution >= 4 is 17.0 Å². The molecular formula is C14H18N2S. The van der Waals surface area contributed by atoms with Crippen LogP contribution in [0.15, 0.2) is 41.8 Å². The first-order valence-corrected chi connectivity index (χ1v) is 6.61. The largest absolute Gasteiger partial charge is 0.373 e. The van der Waals surface area contributed by atoms with Gasteiger partial charge in [0.25, 0.3) is 0 Å². The molecule has 3 heteroatoms. The zero-order valence-electron chi connectivity index (χ0n) is 10.3. The van der Waals surface area contributed by atoms with Gasteiger partial charge in [-0.2, -0.15) is 0 Å². The maximum absolute atomic E-state index is 6.18. The number of benzene rings is 1. The monoisotopic (exact) mass is 246 g/mol. The minimum Gasteiger partial charge on any atom is -0.373 e. The third-order valence-corrected chi connectivity index (χ3v) is 3.86. The average Bonchev–Trinajstić information content (AvgIpc) is 2.83. The van der Waals surface area contributed by atoms with E-state index in [0.717, 1.165) is 6.54 Å². The number of nitrogens with two attached hydrogens (primary N) is 1. The quantitative estimate of drug-likeness (QED) is 0.897. The molecule has 2 N–H and O–H groups in total. The van der Waals surface area contributed by atoms with Crippen LogP contribution in [0.3, 0.4) is 0 Å². The first-order valence-electron chi connectivity index (χ1n) is 5.73. The van der Waals surface area contributed by atoms with Gasteiger partial charge in [0.2, 0.25) is 0 Å². The first-order chi connectivity index (χ1) is 8.16. The van der Waals surface area contributed by atoms with Crippen LogP contribution in [0.5, 0.6) is 0 Å². The summed E-state index contributed by atoms with van der Waals surface area (Å²) in [5, 5.41) is 2.07.